The van der Waals surface area contributed by atoms with Crippen LogP contribution in [-0.4, -0.2) is 46.1 Å². The minimum absolute atomic E-state index is 0.162. The predicted octanol–water partition coefficient (Wildman–Crippen LogP) is 4.25. The van der Waals surface area contributed by atoms with E-state index in [1.165, 1.54) is 23.1 Å². The molecule has 0 aliphatic carbocycles. The fourth-order valence-corrected chi connectivity index (χ4v) is 4.74. The van der Waals surface area contributed by atoms with Gasteiger partial charge in [-0.15, -0.1) is 21.5 Å². The lowest BCUT2D eigenvalue weighted by Gasteiger charge is -2.10. The summed E-state index contributed by atoms with van der Waals surface area (Å²) < 4.78 is 12.4. The summed E-state index contributed by atoms with van der Waals surface area (Å²) >= 11 is 2.51. The van der Waals surface area contributed by atoms with Crippen molar-refractivity contribution in [1.29, 1.82) is 0 Å². The van der Waals surface area contributed by atoms with Gasteiger partial charge in [-0.1, -0.05) is 23.9 Å². The molecule has 1 N–H and O–H groups in total. The Morgan fingerprint density at radius 1 is 1.23 bits per heavy atom. The second kappa shape index (κ2) is 10.5. The molecule has 2 aromatic heterocycles. The number of thiophene rings is 1. The van der Waals surface area contributed by atoms with Gasteiger partial charge in [-0.25, -0.2) is 4.79 Å². The number of aromatic nitrogens is 3. The molecule has 0 atom stereocenters. The van der Waals surface area contributed by atoms with Crippen molar-refractivity contribution in [2.75, 3.05) is 24.8 Å². The number of hydrogen-bond donors (Lipinski definition) is 1. The third-order valence-electron chi connectivity index (χ3n) is 4.35. The monoisotopic (exact) mass is 460 g/mol. The van der Waals surface area contributed by atoms with E-state index in [0.717, 1.165) is 11.1 Å². The maximum absolute atomic E-state index is 12.5. The molecule has 0 saturated heterocycles. The van der Waals surface area contributed by atoms with Crippen molar-refractivity contribution in [2.24, 2.45) is 0 Å². The average molecular weight is 461 g/mol. The molecular formula is C21H24N4O4S2. The maximum Gasteiger partial charge on any atom is 0.348 e. The second-order valence-corrected chi connectivity index (χ2v) is 8.43. The third-order valence-corrected chi connectivity index (χ3v) is 6.45. The minimum atomic E-state index is -0.375. The summed E-state index contributed by atoms with van der Waals surface area (Å²) in [6, 6.07) is 9.39. The van der Waals surface area contributed by atoms with Crippen LogP contribution in [0.5, 0.6) is 5.75 Å². The molecular weight excluding hydrogens is 436 g/mol. The Labute approximate surface area is 189 Å². The number of benzene rings is 1. The number of carbonyl (C=O) groups is 2. The Morgan fingerprint density at radius 3 is 2.71 bits per heavy atom. The normalized spacial score (nSPS) is 10.7. The molecule has 0 radical (unpaired) electrons. The molecule has 0 aliphatic heterocycles. The van der Waals surface area contributed by atoms with Gasteiger partial charge in [-0.05, 0) is 44.5 Å². The SMILES string of the molecule is CCOC(=O)c1sc(NC(=O)CSc2nnc(-c3ccccc3OC)n2CC)cc1C. The van der Waals surface area contributed by atoms with Crippen LogP contribution < -0.4 is 10.1 Å². The predicted molar refractivity (Wildman–Crippen MR) is 122 cm³/mol. The number of thioether (sulfide) groups is 1. The van der Waals surface area contributed by atoms with Crippen LogP contribution in [-0.2, 0) is 16.1 Å². The van der Waals surface area contributed by atoms with Gasteiger partial charge in [0.1, 0.15) is 10.6 Å². The van der Waals surface area contributed by atoms with Crippen molar-refractivity contribution in [2.45, 2.75) is 32.5 Å². The molecule has 3 rings (SSSR count). The number of amides is 1. The quantitative estimate of drug-likeness (QED) is 0.377. The lowest BCUT2D eigenvalue weighted by molar-refractivity contribution is -0.113. The number of nitrogens with zero attached hydrogens (tertiary/aromatic N) is 3. The number of methoxy groups -OCH3 is 1. The number of para-hydroxylation sites is 1. The lowest BCUT2D eigenvalue weighted by Crippen LogP contribution is -2.13. The first-order valence-electron chi connectivity index (χ1n) is 9.75. The first-order valence-corrected chi connectivity index (χ1v) is 11.5. The summed E-state index contributed by atoms with van der Waals surface area (Å²) in [5, 5.41) is 12.7. The van der Waals surface area contributed by atoms with E-state index in [9.17, 15) is 9.59 Å². The number of esters is 1. The molecule has 1 aromatic carbocycles. The van der Waals surface area contributed by atoms with E-state index in [2.05, 4.69) is 15.5 Å². The Balaban J connectivity index is 1.68. The van der Waals surface area contributed by atoms with Crippen molar-refractivity contribution in [3.8, 4) is 17.1 Å². The van der Waals surface area contributed by atoms with Gasteiger partial charge in [-0.2, -0.15) is 0 Å². The Hall–Kier alpha value is -2.85. The highest BCUT2D eigenvalue weighted by Gasteiger charge is 2.19. The van der Waals surface area contributed by atoms with Gasteiger partial charge in [0.05, 0.1) is 30.0 Å². The molecule has 0 aliphatic rings. The smallest absolute Gasteiger partial charge is 0.348 e. The number of hydrogen-bond acceptors (Lipinski definition) is 8. The van der Waals surface area contributed by atoms with Crippen LogP contribution in [0.15, 0.2) is 35.5 Å². The summed E-state index contributed by atoms with van der Waals surface area (Å²) in [6.45, 7) is 6.53. The topological polar surface area (TPSA) is 95.3 Å². The van der Waals surface area contributed by atoms with E-state index in [1.807, 2.05) is 42.7 Å². The summed E-state index contributed by atoms with van der Waals surface area (Å²) in [7, 11) is 1.62. The number of anilines is 1. The fraction of sp³-hybridized carbons (Fsp3) is 0.333. The van der Waals surface area contributed by atoms with Crippen LogP contribution in [0.3, 0.4) is 0 Å². The number of rotatable bonds is 9. The number of carbonyl (C=O) groups excluding carboxylic acids is 2. The standard InChI is InChI=1S/C21H24N4O4S2/c1-5-25-19(14-9-7-8-10-15(14)28-4)23-24-21(25)30-12-16(26)22-17-11-13(3)18(31-17)20(27)29-6-2/h7-11H,5-6,12H2,1-4H3,(H,22,26). The van der Waals surface area contributed by atoms with Crippen LogP contribution in [0, 0.1) is 6.92 Å². The van der Waals surface area contributed by atoms with E-state index in [0.29, 0.717) is 39.8 Å². The van der Waals surface area contributed by atoms with Crippen molar-refractivity contribution >= 4 is 40.0 Å². The first-order chi connectivity index (χ1) is 15.0. The zero-order chi connectivity index (χ0) is 22.4. The highest BCUT2D eigenvalue weighted by molar-refractivity contribution is 7.99. The van der Waals surface area contributed by atoms with Crippen LogP contribution >= 0.6 is 23.1 Å². The molecule has 31 heavy (non-hydrogen) atoms. The average Bonchev–Trinajstić information content (AvgIpc) is 3.34. The molecule has 164 valence electrons. The summed E-state index contributed by atoms with van der Waals surface area (Å²) in [5.74, 6) is 1.00. The summed E-state index contributed by atoms with van der Waals surface area (Å²) in [4.78, 5) is 24.9. The van der Waals surface area contributed by atoms with Crippen LogP contribution in [0.1, 0.15) is 29.1 Å². The van der Waals surface area contributed by atoms with E-state index in [4.69, 9.17) is 9.47 Å². The first kappa shape index (κ1) is 22.8. The summed E-state index contributed by atoms with van der Waals surface area (Å²) in [6.07, 6.45) is 0. The van der Waals surface area contributed by atoms with Crippen LogP contribution in [0.25, 0.3) is 11.4 Å². The van der Waals surface area contributed by atoms with Gasteiger partial charge in [-0.3, -0.25) is 4.79 Å². The summed E-state index contributed by atoms with van der Waals surface area (Å²) in [5.41, 5.74) is 1.62. The Morgan fingerprint density at radius 2 is 2.00 bits per heavy atom. The fourth-order valence-electron chi connectivity index (χ4n) is 2.96. The van der Waals surface area contributed by atoms with E-state index < -0.39 is 0 Å². The van der Waals surface area contributed by atoms with Gasteiger partial charge in [0, 0.05) is 6.54 Å². The highest BCUT2D eigenvalue weighted by atomic mass is 32.2. The van der Waals surface area contributed by atoms with Gasteiger partial charge in [0.2, 0.25) is 5.91 Å². The molecule has 10 heteroatoms. The van der Waals surface area contributed by atoms with E-state index in [1.54, 1.807) is 20.1 Å². The van der Waals surface area contributed by atoms with Gasteiger partial charge in [0.15, 0.2) is 11.0 Å². The highest BCUT2D eigenvalue weighted by Crippen LogP contribution is 2.31. The molecule has 1 amide bonds. The molecule has 0 spiro atoms. The molecule has 0 saturated carbocycles. The van der Waals surface area contributed by atoms with Gasteiger partial charge < -0.3 is 19.4 Å². The Bertz CT molecular complexity index is 1080. The number of aryl methyl sites for hydroxylation is 1. The van der Waals surface area contributed by atoms with Crippen LogP contribution in [0.2, 0.25) is 0 Å². The number of nitrogens with one attached hydrogen (secondary N) is 1. The van der Waals surface area contributed by atoms with Crippen molar-refractivity contribution in [3.05, 3.63) is 40.8 Å². The van der Waals surface area contributed by atoms with E-state index in [-0.39, 0.29) is 17.6 Å². The second-order valence-electron chi connectivity index (χ2n) is 6.43. The maximum atomic E-state index is 12.5. The molecule has 0 bridgehead atoms. The van der Waals surface area contributed by atoms with Gasteiger partial charge in [0.25, 0.3) is 0 Å². The van der Waals surface area contributed by atoms with E-state index >= 15 is 0 Å². The lowest BCUT2D eigenvalue weighted by atomic mass is 10.2. The molecule has 0 fully saturated rings. The minimum Gasteiger partial charge on any atom is -0.496 e. The number of ether oxygens (including phenoxy) is 2. The molecule has 8 nitrogen and oxygen atoms in total. The van der Waals surface area contributed by atoms with Crippen LogP contribution in [0.4, 0.5) is 5.00 Å². The molecule has 2 heterocycles. The third kappa shape index (κ3) is 5.26. The van der Waals surface area contributed by atoms with Crippen molar-refractivity contribution in [1.82, 2.24) is 14.8 Å². The van der Waals surface area contributed by atoms with Crippen molar-refractivity contribution in [3.63, 3.8) is 0 Å². The largest absolute Gasteiger partial charge is 0.496 e. The molecule has 0 unspecified atom stereocenters. The van der Waals surface area contributed by atoms with Gasteiger partial charge >= 0.3 is 5.97 Å². The zero-order valence-electron chi connectivity index (χ0n) is 17.8. The Kier molecular flexibility index (Phi) is 7.69. The zero-order valence-corrected chi connectivity index (χ0v) is 19.4. The van der Waals surface area contributed by atoms with Crippen molar-refractivity contribution < 1.29 is 19.1 Å². The molecule has 3 aromatic rings.